The van der Waals surface area contributed by atoms with E-state index in [-0.39, 0.29) is 150 Å². The average Bonchev–Trinajstić information content (AvgIpc) is 1.11. The summed E-state index contributed by atoms with van der Waals surface area (Å²) in [7, 11) is 0. The summed E-state index contributed by atoms with van der Waals surface area (Å²) >= 11 is 0. The normalized spacial score (nSPS) is 41.2. The molecule has 12 bridgehead atoms. The van der Waals surface area contributed by atoms with E-state index in [4.69, 9.17) is 106 Å². The number of carboxylic acid groups (broad SMARTS) is 1. The van der Waals surface area contributed by atoms with Crippen molar-refractivity contribution in [1.29, 1.82) is 0 Å². The maximum atomic E-state index is 12.0. The highest BCUT2D eigenvalue weighted by molar-refractivity contribution is 5.81. The quantitative estimate of drug-likeness (QED) is 0.0276. The van der Waals surface area contributed by atoms with Crippen LogP contribution in [0, 0.1) is 41.4 Å². The van der Waals surface area contributed by atoms with Crippen molar-refractivity contribution >= 4 is 41.4 Å². The average molecular weight is 1700 g/mol. The number of hydrogen-bond donors (Lipinski definition) is 5. The third-order valence-electron chi connectivity index (χ3n) is 28.9. The van der Waals surface area contributed by atoms with Gasteiger partial charge in [0.05, 0.1) is 128 Å². The first-order chi connectivity index (χ1) is 55.2. The van der Waals surface area contributed by atoms with Gasteiger partial charge in [-0.05, 0) is 263 Å². The van der Waals surface area contributed by atoms with Crippen LogP contribution in [0.1, 0.15) is 262 Å². The molecular weight excluding hydrogens is 1550 g/mol. The zero-order valence-electron chi connectivity index (χ0n) is 75.6. The molecule has 0 amide bonds. The van der Waals surface area contributed by atoms with E-state index < -0.39 is 89.5 Å². The van der Waals surface area contributed by atoms with Gasteiger partial charge in [-0.25, -0.2) is 14.4 Å². The molecule has 20 fully saturated rings. The monoisotopic (exact) mass is 1700 g/mol. The number of esters is 4. The Morgan fingerprint density at radius 1 is 0.353 bits per heavy atom. The molecule has 0 aromatic heterocycles. The molecule has 0 aromatic carbocycles. The zero-order valence-corrected chi connectivity index (χ0v) is 75.6. The third kappa shape index (κ3) is 23.1. The van der Waals surface area contributed by atoms with Gasteiger partial charge in [0, 0.05) is 19.4 Å². The molecule has 119 heavy (non-hydrogen) atoms. The van der Waals surface area contributed by atoms with Crippen LogP contribution in [0.25, 0.3) is 0 Å². The Bertz CT molecular complexity index is 3320. The summed E-state index contributed by atoms with van der Waals surface area (Å²) in [6, 6.07) is 0. The van der Waals surface area contributed by atoms with Crippen LogP contribution in [-0.2, 0) is 119 Å². The van der Waals surface area contributed by atoms with Crippen molar-refractivity contribution in [3.63, 3.8) is 0 Å². The molecule has 0 aromatic rings. The first-order valence-electron chi connectivity index (χ1n) is 43.9. The van der Waals surface area contributed by atoms with Crippen LogP contribution in [-0.4, -0.2) is 286 Å². The molecule has 14 aliphatic heterocycles. The number of ketones is 2. The van der Waals surface area contributed by atoms with Crippen molar-refractivity contribution in [2.75, 3.05) is 72.7 Å². The second kappa shape index (κ2) is 38.7. The van der Waals surface area contributed by atoms with E-state index in [2.05, 4.69) is 76.2 Å². The Morgan fingerprint density at radius 3 is 0.941 bits per heavy atom. The number of aliphatic hydroxyl groups is 4. The molecule has 30 heteroatoms. The molecule has 30 nitrogen and oxygen atoms in total. The van der Waals surface area contributed by atoms with Crippen LogP contribution in [0.3, 0.4) is 0 Å². The molecule has 0 spiro atoms. The van der Waals surface area contributed by atoms with E-state index in [9.17, 15) is 38.7 Å². The van der Waals surface area contributed by atoms with Crippen LogP contribution in [0.4, 0.5) is 0 Å². The first-order valence-corrected chi connectivity index (χ1v) is 43.9. The van der Waals surface area contributed by atoms with Crippen LogP contribution in [0.15, 0.2) is 0 Å². The predicted molar refractivity (Wildman–Crippen MR) is 430 cm³/mol. The lowest BCUT2D eigenvalue weighted by atomic mass is 9.62. The lowest BCUT2D eigenvalue weighted by Crippen LogP contribution is -2.69. The molecule has 24 atom stereocenters. The van der Waals surface area contributed by atoms with Gasteiger partial charge < -0.3 is 116 Å². The number of aliphatic carboxylic acids is 1. The van der Waals surface area contributed by atoms with Crippen molar-refractivity contribution in [1.82, 2.24) is 0 Å². The number of rotatable bonds is 28. The summed E-state index contributed by atoms with van der Waals surface area (Å²) in [5, 5.41) is 45.5. The molecule has 6 aliphatic carbocycles. The lowest BCUT2D eigenvalue weighted by Gasteiger charge is -2.60. The van der Waals surface area contributed by atoms with E-state index in [0.717, 1.165) is 71.2 Å². The van der Waals surface area contributed by atoms with Crippen LogP contribution >= 0.6 is 0 Å². The second-order valence-corrected chi connectivity index (χ2v) is 40.2. The molecular formula is C89H148O30. The Hall–Kier alpha value is -4.03. The minimum atomic E-state index is -1.000. The first kappa shape index (κ1) is 98.8. The van der Waals surface area contributed by atoms with Gasteiger partial charge in [-0.15, -0.1) is 0 Å². The van der Waals surface area contributed by atoms with E-state index in [1.807, 2.05) is 55.4 Å². The molecule has 24 unspecified atom stereocenters. The van der Waals surface area contributed by atoms with Gasteiger partial charge in [0.2, 0.25) is 0 Å². The number of aliphatic hydroxyl groups excluding tert-OH is 4. The fourth-order valence-corrected chi connectivity index (χ4v) is 21.0. The highest BCUT2D eigenvalue weighted by atomic mass is 16.7. The topological polar surface area (TPSA) is 393 Å². The van der Waals surface area contributed by atoms with Gasteiger partial charge in [0.1, 0.15) is 96.8 Å². The largest absolute Gasteiger partial charge is 0.480 e. The summed E-state index contributed by atoms with van der Waals surface area (Å²) in [5.74, 6) is -0.920. The number of carbonyl (C=O) groups is 7. The van der Waals surface area contributed by atoms with Crippen LogP contribution in [0.5, 0.6) is 0 Å². The number of carbonyl (C=O) groups excluding carboxylic acids is 6. The molecule has 14 saturated heterocycles. The van der Waals surface area contributed by atoms with Gasteiger partial charge in [0.15, 0.2) is 5.78 Å². The Kier molecular flexibility index (Phi) is 32.1. The summed E-state index contributed by atoms with van der Waals surface area (Å²) in [5.41, 5.74) is -4.99. The van der Waals surface area contributed by atoms with Crippen molar-refractivity contribution < 1.29 is 144 Å². The molecule has 6 saturated carbocycles. The maximum absolute atomic E-state index is 12.0. The van der Waals surface area contributed by atoms with Crippen molar-refractivity contribution in [2.24, 2.45) is 41.4 Å². The van der Waals surface area contributed by atoms with Gasteiger partial charge >= 0.3 is 29.8 Å². The molecule has 14 heterocycles. The molecule has 20 rings (SSSR count). The number of Topliss-reactive ketones (excluding diaryl/α,β-unsaturated/α-hetero) is 2. The Morgan fingerprint density at radius 2 is 0.647 bits per heavy atom. The van der Waals surface area contributed by atoms with Crippen LogP contribution in [0.2, 0.25) is 0 Å². The van der Waals surface area contributed by atoms with E-state index in [0.29, 0.717) is 87.8 Å². The molecule has 684 valence electrons. The number of hydrogen-bond acceptors (Lipinski definition) is 29. The Labute approximate surface area is 705 Å². The maximum Gasteiger partial charge on any atom is 0.332 e. The smallest absolute Gasteiger partial charge is 0.332 e. The summed E-state index contributed by atoms with van der Waals surface area (Å²) < 4.78 is 105. The lowest BCUT2D eigenvalue weighted by molar-refractivity contribution is -0.325. The summed E-state index contributed by atoms with van der Waals surface area (Å²) in [6.45, 7) is 48.2. The van der Waals surface area contributed by atoms with E-state index >= 15 is 0 Å². The van der Waals surface area contributed by atoms with Gasteiger partial charge in [-0.2, -0.15) is 0 Å². The van der Waals surface area contributed by atoms with Crippen molar-refractivity contribution in [2.45, 2.75) is 409 Å². The van der Waals surface area contributed by atoms with Crippen LogP contribution < -0.4 is 0 Å². The SMILES string of the molecule is CC(=O)CCC(=O)OC1CC2CC(OC(=O)CO)C1(C)OC2(C)C.CC(=O)COC1CC2CC(OCC(=O)O)C1(C)OC2(C)C.CC1(C)OC2(C)C(OCC3CO3)CC1CC2OCC1CO1.CC1CC2CC(O)C1(C)OC2(C)C.CCC(=O)OC1CC2CC(OC(=O)CO)C1(C)OC2(C)C.CCCOC1CC2CC(OCCO)C1(C)OC2(C)C. The minimum Gasteiger partial charge on any atom is -0.480 e. The fourth-order valence-electron chi connectivity index (χ4n) is 21.0. The van der Waals surface area contributed by atoms with Crippen molar-refractivity contribution in [3.8, 4) is 0 Å². The molecule has 5 N–H and O–H groups in total. The third-order valence-corrected chi connectivity index (χ3v) is 28.9. The number of epoxide rings is 2. The fraction of sp³-hybridized carbons (Fsp3) is 0.921. The van der Waals surface area contributed by atoms with E-state index in [1.54, 1.807) is 13.8 Å². The zero-order chi connectivity index (χ0) is 88.4. The molecule has 0 radical (unpaired) electrons. The highest BCUT2D eigenvalue weighted by Gasteiger charge is 2.67. The number of carboxylic acids is 1. The summed E-state index contributed by atoms with van der Waals surface area (Å²) in [4.78, 5) is 79.4. The second-order valence-electron chi connectivity index (χ2n) is 40.2. The minimum absolute atomic E-state index is 0.0216. The summed E-state index contributed by atoms with van der Waals surface area (Å²) in [6.07, 6.45) is 9.76. The Balaban J connectivity index is 0.000000164. The number of fused-ring (bicyclic) bond motifs is 18. The predicted octanol–water partition coefficient (Wildman–Crippen LogP) is 9.38. The van der Waals surface area contributed by atoms with E-state index in [1.165, 1.54) is 20.3 Å². The molecule has 20 aliphatic rings. The van der Waals surface area contributed by atoms with Crippen molar-refractivity contribution in [3.05, 3.63) is 0 Å². The highest BCUT2D eigenvalue weighted by Crippen LogP contribution is 2.58. The van der Waals surface area contributed by atoms with Gasteiger partial charge in [0.25, 0.3) is 0 Å². The van der Waals surface area contributed by atoms with Gasteiger partial charge in [-0.1, -0.05) is 20.8 Å². The number of ether oxygens (including phenoxy) is 18. The van der Waals surface area contributed by atoms with Gasteiger partial charge in [-0.3, -0.25) is 14.4 Å². The standard InChI is InChI=1S/C17H26O7.C16H26O5.2C15H24O6.C15H28O4.C11H20O2/c1-10(19)5-6-14(20)22-12-7-11-8-13(23-15(21)9-18)17(12,4)24-16(11,2)3;1-15(2)10-4-13(19-8-11-6-17-11)16(3,21-15)14(5-10)20-9-12-7-18-12;1-9(16)7-19-11-5-10-6-12(20-8-13(17)18)15(11,4)21-14(10,2)3;1-5-12(17)19-10-6-9-7-11(20-13(18)8-16)15(10,4)21-14(9,2)3;1-5-7-17-12-9-11-10-13(18-8-6-16)15(12,4)19-14(11,2)3;1-7-5-8-6-9(12)11(7,4)13-10(8,2)3/h11-13,18H,5-9H2,1-4H3;10-14H,4-9H2,1-3H3;10-12H,5-8H2,1-4H3,(H,17,18);9-11,16H,5-8H2,1-4H3;11-13,16H,5-10H2,1-4H3;7-9,12H,5-6H2,1-4H3.